The average Bonchev–Trinajstić information content (AvgIpc) is 3.23. The van der Waals surface area contributed by atoms with Gasteiger partial charge in [0, 0.05) is 24.3 Å². The molecule has 0 unspecified atom stereocenters. The van der Waals surface area contributed by atoms with E-state index in [0.29, 0.717) is 29.9 Å². The molecule has 0 aliphatic carbocycles. The van der Waals surface area contributed by atoms with Crippen LogP contribution in [0.5, 0.6) is 0 Å². The van der Waals surface area contributed by atoms with Crippen molar-refractivity contribution in [3.63, 3.8) is 0 Å². The average molecular weight is 482 g/mol. The highest BCUT2D eigenvalue weighted by Crippen LogP contribution is 2.41. The van der Waals surface area contributed by atoms with Crippen molar-refractivity contribution in [3.05, 3.63) is 63.5 Å². The zero-order valence-corrected chi connectivity index (χ0v) is 21.8. The summed E-state index contributed by atoms with van der Waals surface area (Å²) < 4.78 is 4.83. The summed E-state index contributed by atoms with van der Waals surface area (Å²) in [6.07, 6.45) is 0. The zero-order chi connectivity index (χ0) is 26.2. The Hall–Kier alpha value is -3.39. The van der Waals surface area contributed by atoms with Crippen molar-refractivity contribution in [2.45, 2.75) is 46.1 Å². The van der Waals surface area contributed by atoms with Gasteiger partial charge in [-0.3, -0.25) is 9.59 Å². The summed E-state index contributed by atoms with van der Waals surface area (Å²) in [7, 11) is 5.06. The first-order valence-electron chi connectivity index (χ1n) is 11.6. The summed E-state index contributed by atoms with van der Waals surface area (Å²) in [6.45, 7) is 10.6. The molecule has 1 atom stereocenters. The summed E-state index contributed by atoms with van der Waals surface area (Å²) in [5, 5.41) is 11.4. The first-order chi connectivity index (χ1) is 16.3. The lowest BCUT2D eigenvalue weighted by atomic mass is 9.85. The molecule has 1 fully saturated rings. The Balaban J connectivity index is 2.22. The molecule has 1 aliphatic rings. The predicted molar refractivity (Wildman–Crippen MR) is 134 cm³/mol. The fourth-order valence-electron chi connectivity index (χ4n) is 4.48. The number of methoxy groups -OCH3 is 1. The number of amides is 1. The number of aromatic amines is 1. The Morgan fingerprint density at radius 2 is 1.74 bits per heavy atom. The Labute approximate surface area is 206 Å². The minimum atomic E-state index is -0.751. The minimum absolute atomic E-state index is 0.0129. The molecule has 2 aromatic rings. The third-order valence-electron chi connectivity index (χ3n) is 6.48. The van der Waals surface area contributed by atoms with Crippen LogP contribution in [-0.4, -0.2) is 71.8 Å². The van der Waals surface area contributed by atoms with E-state index in [1.54, 1.807) is 13.8 Å². The van der Waals surface area contributed by atoms with Gasteiger partial charge < -0.3 is 24.6 Å². The van der Waals surface area contributed by atoms with E-state index in [2.05, 4.69) is 25.8 Å². The van der Waals surface area contributed by atoms with E-state index in [1.165, 1.54) is 12.0 Å². The van der Waals surface area contributed by atoms with Crippen LogP contribution in [0.4, 0.5) is 0 Å². The molecular weight excluding hydrogens is 446 g/mol. The minimum Gasteiger partial charge on any atom is -0.507 e. The van der Waals surface area contributed by atoms with E-state index < -0.39 is 23.7 Å². The SMILES string of the molecule is COC(=O)c1[nH]c(C)c(/C(O)=C2\C(=O)C(=O)N(CCN(C)C)[C@H]2c2ccc(C(C)(C)C)cc2)c1C. The van der Waals surface area contributed by atoms with Gasteiger partial charge in [0.25, 0.3) is 11.7 Å². The second-order valence-electron chi connectivity index (χ2n) is 10.3. The van der Waals surface area contributed by atoms with Gasteiger partial charge >= 0.3 is 5.97 Å². The molecule has 35 heavy (non-hydrogen) atoms. The van der Waals surface area contributed by atoms with E-state index in [1.807, 2.05) is 43.3 Å². The molecule has 3 rings (SSSR count). The van der Waals surface area contributed by atoms with Crippen molar-refractivity contribution in [1.29, 1.82) is 0 Å². The number of benzene rings is 1. The molecule has 1 amide bonds. The number of rotatable bonds is 6. The van der Waals surface area contributed by atoms with Crippen molar-refractivity contribution in [3.8, 4) is 0 Å². The fourth-order valence-corrected chi connectivity index (χ4v) is 4.48. The van der Waals surface area contributed by atoms with Crippen molar-refractivity contribution in [2.24, 2.45) is 0 Å². The van der Waals surface area contributed by atoms with E-state index in [0.717, 1.165) is 11.1 Å². The first kappa shape index (κ1) is 26.2. The number of ketones is 1. The first-order valence-corrected chi connectivity index (χ1v) is 11.6. The molecule has 188 valence electrons. The highest BCUT2D eigenvalue weighted by atomic mass is 16.5. The lowest BCUT2D eigenvalue weighted by molar-refractivity contribution is -0.140. The number of esters is 1. The summed E-state index contributed by atoms with van der Waals surface area (Å²) in [4.78, 5) is 45.0. The molecule has 1 saturated heterocycles. The van der Waals surface area contributed by atoms with Crippen LogP contribution in [0.3, 0.4) is 0 Å². The number of nitrogens with zero attached hydrogens (tertiary/aromatic N) is 2. The number of H-pyrrole nitrogens is 1. The fraction of sp³-hybridized carbons (Fsp3) is 0.444. The number of aryl methyl sites for hydroxylation is 1. The van der Waals surface area contributed by atoms with E-state index >= 15 is 0 Å². The van der Waals surface area contributed by atoms with Crippen LogP contribution < -0.4 is 0 Å². The standard InChI is InChI=1S/C27H35N3O5/c1-15-19(16(2)28-21(15)26(34)35-8)23(31)20-22(17-9-11-18(12-10-17)27(3,4)5)30(14-13-29(6)7)25(33)24(20)32/h9-12,22,28,31H,13-14H2,1-8H3/b23-20+/t22-/m0/s1. The molecule has 1 aromatic carbocycles. The number of hydrogen-bond donors (Lipinski definition) is 2. The number of aromatic nitrogens is 1. The van der Waals surface area contributed by atoms with E-state index in [9.17, 15) is 19.5 Å². The summed E-state index contributed by atoms with van der Waals surface area (Å²) in [5.41, 5.74) is 3.28. The van der Waals surface area contributed by atoms with Crippen LogP contribution in [0.15, 0.2) is 29.8 Å². The highest BCUT2D eigenvalue weighted by Gasteiger charge is 2.46. The van der Waals surface area contributed by atoms with Crippen molar-refractivity contribution in [2.75, 3.05) is 34.3 Å². The second-order valence-corrected chi connectivity index (χ2v) is 10.3. The number of carbonyl (C=O) groups excluding carboxylic acids is 3. The molecule has 0 bridgehead atoms. The monoisotopic (exact) mass is 481 g/mol. The van der Waals surface area contributed by atoms with Crippen LogP contribution in [-0.2, 0) is 19.7 Å². The number of carbonyl (C=O) groups is 3. The third kappa shape index (κ3) is 4.89. The number of hydrogen-bond acceptors (Lipinski definition) is 6. The van der Waals surface area contributed by atoms with Gasteiger partial charge in [-0.15, -0.1) is 0 Å². The zero-order valence-electron chi connectivity index (χ0n) is 21.8. The molecule has 8 nitrogen and oxygen atoms in total. The van der Waals surface area contributed by atoms with Gasteiger partial charge in [-0.1, -0.05) is 45.0 Å². The van der Waals surface area contributed by atoms with Gasteiger partial charge in [0.15, 0.2) is 0 Å². The number of nitrogens with one attached hydrogen (secondary N) is 1. The molecule has 1 aliphatic heterocycles. The summed E-state index contributed by atoms with van der Waals surface area (Å²) in [6, 6.07) is 7.04. The van der Waals surface area contributed by atoms with Crippen LogP contribution >= 0.6 is 0 Å². The molecule has 1 aromatic heterocycles. The Morgan fingerprint density at radius 1 is 1.14 bits per heavy atom. The van der Waals surface area contributed by atoms with Crippen molar-refractivity contribution in [1.82, 2.24) is 14.8 Å². The Kier molecular flexibility index (Phi) is 7.26. The number of ether oxygens (including phenoxy) is 1. The molecule has 0 spiro atoms. The largest absolute Gasteiger partial charge is 0.507 e. The summed E-state index contributed by atoms with van der Waals surface area (Å²) >= 11 is 0. The van der Waals surface area contributed by atoms with Gasteiger partial charge in [0.1, 0.15) is 11.5 Å². The highest BCUT2D eigenvalue weighted by molar-refractivity contribution is 6.46. The van der Waals surface area contributed by atoms with Crippen LogP contribution in [0.25, 0.3) is 5.76 Å². The molecule has 8 heteroatoms. The maximum atomic E-state index is 13.3. The van der Waals surface area contributed by atoms with Gasteiger partial charge in [0.05, 0.1) is 18.7 Å². The maximum Gasteiger partial charge on any atom is 0.354 e. The quantitative estimate of drug-likeness (QED) is 0.282. The number of Topliss-reactive ketones (excluding diaryl/α,β-unsaturated/α-hetero) is 1. The van der Waals surface area contributed by atoms with Gasteiger partial charge in [0.2, 0.25) is 0 Å². The van der Waals surface area contributed by atoms with Gasteiger partial charge in [-0.05, 0) is 50.0 Å². The number of aliphatic hydroxyl groups excluding tert-OH is 1. The van der Waals surface area contributed by atoms with Crippen LogP contribution in [0.2, 0.25) is 0 Å². The molecular formula is C27H35N3O5. The second kappa shape index (κ2) is 9.70. The van der Waals surface area contributed by atoms with E-state index in [4.69, 9.17) is 4.74 Å². The molecule has 0 radical (unpaired) electrons. The normalized spacial score (nSPS) is 18.0. The third-order valence-corrected chi connectivity index (χ3v) is 6.48. The smallest absolute Gasteiger partial charge is 0.354 e. The molecule has 0 saturated carbocycles. The molecule has 2 N–H and O–H groups in total. The Bertz CT molecular complexity index is 1180. The lowest BCUT2D eigenvalue weighted by Gasteiger charge is -2.27. The molecule has 2 heterocycles. The lowest BCUT2D eigenvalue weighted by Crippen LogP contribution is -2.35. The topological polar surface area (TPSA) is 103 Å². The number of aliphatic hydroxyl groups is 1. The maximum absolute atomic E-state index is 13.3. The number of likely N-dealkylation sites (N-methyl/N-ethyl adjacent to an activating group) is 1. The van der Waals surface area contributed by atoms with E-state index in [-0.39, 0.29) is 22.4 Å². The Morgan fingerprint density at radius 3 is 2.26 bits per heavy atom. The van der Waals surface area contributed by atoms with Crippen molar-refractivity contribution < 1.29 is 24.2 Å². The van der Waals surface area contributed by atoms with Crippen LogP contribution in [0.1, 0.15) is 65.2 Å². The number of likely N-dealkylation sites (tertiary alicyclic amines) is 1. The summed E-state index contributed by atoms with van der Waals surface area (Å²) in [5.74, 6) is -2.28. The van der Waals surface area contributed by atoms with Crippen molar-refractivity contribution >= 4 is 23.4 Å². The van der Waals surface area contributed by atoms with Gasteiger partial charge in [-0.2, -0.15) is 0 Å². The predicted octanol–water partition coefficient (Wildman–Crippen LogP) is 3.70. The van der Waals surface area contributed by atoms with Gasteiger partial charge in [-0.25, -0.2) is 4.79 Å². The van der Waals surface area contributed by atoms with Crippen LogP contribution in [0, 0.1) is 13.8 Å².